The minimum Gasteiger partial charge on any atom is -0.462 e. The molecule has 0 fully saturated rings. The number of para-hydroxylation sites is 1. The zero-order valence-corrected chi connectivity index (χ0v) is 20.8. The van der Waals surface area contributed by atoms with Crippen LogP contribution in [0.4, 0.5) is 11.4 Å². The van der Waals surface area contributed by atoms with Crippen LogP contribution in [-0.4, -0.2) is 37.0 Å². The Morgan fingerprint density at radius 3 is 2.00 bits per heavy atom. The average Bonchev–Trinajstić information content (AvgIpc) is 2.85. The predicted octanol–water partition coefficient (Wildman–Crippen LogP) is 4.52. The van der Waals surface area contributed by atoms with Gasteiger partial charge >= 0.3 is 11.9 Å². The molecule has 188 valence electrons. The summed E-state index contributed by atoms with van der Waals surface area (Å²) in [6.07, 6.45) is 1.27. The van der Waals surface area contributed by atoms with Gasteiger partial charge in [0.05, 0.1) is 18.6 Å². The summed E-state index contributed by atoms with van der Waals surface area (Å²) >= 11 is 0. The van der Waals surface area contributed by atoms with Crippen LogP contribution < -0.4 is 10.6 Å². The summed E-state index contributed by atoms with van der Waals surface area (Å²) in [7, 11) is 0. The lowest BCUT2D eigenvalue weighted by molar-refractivity contribution is -0.147. The van der Waals surface area contributed by atoms with E-state index < -0.39 is 24.5 Å². The maximum atomic E-state index is 12.3. The van der Waals surface area contributed by atoms with Gasteiger partial charge in [-0.1, -0.05) is 45.9 Å². The van der Waals surface area contributed by atoms with Gasteiger partial charge in [0.25, 0.3) is 5.91 Å². The first-order valence-electron chi connectivity index (χ1n) is 11.9. The number of nitrogens with one attached hydrogen (secondary N) is 2. The van der Waals surface area contributed by atoms with Crippen LogP contribution in [0, 0.1) is 5.92 Å². The number of benzene rings is 2. The van der Waals surface area contributed by atoms with Crippen molar-refractivity contribution in [2.75, 3.05) is 23.8 Å². The van der Waals surface area contributed by atoms with Crippen molar-refractivity contribution in [3.63, 3.8) is 0 Å². The van der Waals surface area contributed by atoms with Crippen LogP contribution in [0.15, 0.2) is 42.5 Å². The van der Waals surface area contributed by atoms with Gasteiger partial charge in [0.15, 0.2) is 6.61 Å². The molecule has 0 heterocycles. The van der Waals surface area contributed by atoms with E-state index in [1.807, 2.05) is 45.9 Å². The van der Waals surface area contributed by atoms with Gasteiger partial charge < -0.3 is 20.1 Å². The number of hydrogen-bond acceptors (Lipinski definition) is 6. The lowest BCUT2D eigenvalue weighted by Crippen LogP contribution is -2.23. The zero-order chi connectivity index (χ0) is 25.8. The number of esters is 2. The maximum Gasteiger partial charge on any atom is 0.338 e. The molecule has 0 radical (unpaired) electrons. The number of carbonyl (C=O) groups is 4. The Kier molecular flexibility index (Phi) is 10.9. The zero-order valence-electron chi connectivity index (χ0n) is 20.8. The van der Waals surface area contributed by atoms with Crippen molar-refractivity contribution in [3.8, 4) is 0 Å². The summed E-state index contributed by atoms with van der Waals surface area (Å²) in [5.41, 5.74) is 3.67. The van der Waals surface area contributed by atoms with Gasteiger partial charge in [-0.25, -0.2) is 4.79 Å². The normalized spacial score (nSPS) is 10.5. The summed E-state index contributed by atoms with van der Waals surface area (Å²) < 4.78 is 10.2. The third-order valence-electron chi connectivity index (χ3n) is 5.14. The number of carbonyl (C=O) groups excluding carboxylic acids is 4. The largest absolute Gasteiger partial charge is 0.462 e. The molecule has 0 atom stereocenters. The van der Waals surface area contributed by atoms with Crippen molar-refractivity contribution in [1.29, 1.82) is 0 Å². The average molecular weight is 483 g/mol. The van der Waals surface area contributed by atoms with Crippen LogP contribution in [-0.2, 0) is 36.7 Å². The van der Waals surface area contributed by atoms with E-state index in [4.69, 9.17) is 9.47 Å². The highest BCUT2D eigenvalue weighted by Gasteiger charge is 2.14. The van der Waals surface area contributed by atoms with Gasteiger partial charge in [-0.2, -0.15) is 0 Å². The molecule has 0 spiro atoms. The molecular weight excluding hydrogens is 448 g/mol. The first kappa shape index (κ1) is 27.6. The highest BCUT2D eigenvalue weighted by molar-refractivity contribution is 5.96. The molecule has 0 saturated carbocycles. The third kappa shape index (κ3) is 9.23. The van der Waals surface area contributed by atoms with Crippen LogP contribution in [0.25, 0.3) is 0 Å². The number of rotatable bonds is 12. The molecule has 2 aromatic rings. The Bertz CT molecular complexity index is 1010. The second-order valence-electron chi connectivity index (χ2n) is 8.49. The minimum atomic E-state index is -0.641. The van der Waals surface area contributed by atoms with Crippen LogP contribution in [0.3, 0.4) is 0 Å². The smallest absolute Gasteiger partial charge is 0.338 e. The molecule has 2 N–H and O–H groups in total. The number of aryl methyl sites for hydroxylation is 2. The van der Waals surface area contributed by atoms with Crippen LogP contribution in [0.1, 0.15) is 62.0 Å². The summed E-state index contributed by atoms with van der Waals surface area (Å²) in [4.78, 5) is 48.4. The third-order valence-corrected chi connectivity index (χ3v) is 5.14. The van der Waals surface area contributed by atoms with Gasteiger partial charge in [-0.3, -0.25) is 14.4 Å². The molecule has 0 bridgehead atoms. The number of anilines is 2. The molecule has 2 aromatic carbocycles. The SMILES string of the molecule is CCc1cccc(CC)c1NC(=O)COC(=O)CCC(=O)Nc1ccc(C(=O)OCC(C)C)cc1. The monoisotopic (exact) mass is 482 g/mol. The Morgan fingerprint density at radius 1 is 0.800 bits per heavy atom. The molecule has 2 rings (SSSR count). The molecule has 0 unspecified atom stereocenters. The summed E-state index contributed by atoms with van der Waals surface area (Å²) in [5, 5.41) is 5.49. The summed E-state index contributed by atoms with van der Waals surface area (Å²) in [6.45, 7) is 7.82. The van der Waals surface area contributed by atoms with Crippen molar-refractivity contribution >= 4 is 35.1 Å². The Morgan fingerprint density at radius 2 is 1.43 bits per heavy atom. The summed E-state index contributed by atoms with van der Waals surface area (Å²) in [5.74, 6) is -1.63. The second kappa shape index (κ2) is 13.9. The molecule has 0 saturated heterocycles. The van der Waals surface area contributed by atoms with E-state index in [1.54, 1.807) is 24.3 Å². The molecule has 0 aliphatic heterocycles. The van der Waals surface area contributed by atoms with Gasteiger partial charge in [0.2, 0.25) is 5.91 Å². The second-order valence-corrected chi connectivity index (χ2v) is 8.49. The van der Waals surface area contributed by atoms with Gasteiger partial charge in [-0.05, 0) is 54.2 Å². The predicted molar refractivity (Wildman–Crippen MR) is 134 cm³/mol. The maximum absolute atomic E-state index is 12.3. The number of amides is 2. The van der Waals surface area contributed by atoms with Crippen molar-refractivity contribution in [1.82, 2.24) is 0 Å². The standard InChI is InChI=1S/C27H34N2O6/c1-5-19-8-7-9-20(6-2)26(19)29-24(31)17-34-25(32)15-14-23(30)28-22-12-10-21(11-13-22)27(33)35-16-18(3)4/h7-13,18H,5-6,14-17H2,1-4H3,(H,28,30)(H,29,31). The van der Waals surface area contributed by atoms with E-state index >= 15 is 0 Å². The lowest BCUT2D eigenvalue weighted by Gasteiger charge is -2.14. The van der Waals surface area contributed by atoms with E-state index in [0.717, 1.165) is 29.7 Å². The molecule has 2 amide bonds. The molecule has 0 aliphatic carbocycles. The van der Waals surface area contributed by atoms with E-state index in [1.165, 1.54) is 0 Å². The van der Waals surface area contributed by atoms with Gasteiger partial charge in [-0.15, -0.1) is 0 Å². The van der Waals surface area contributed by atoms with E-state index in [9.17, 15) is 19.2 Å². The van der Waals surface area contributed by atoms with Gasteiger partial charge in [0.1, 0.15) is 0 Å². The first-order chi connectivity index (χ1) is 16.7. The van der Waals surface area contributed by atoms with Crippen molar-refractivity contribution in [2.24, 2.45) is 5.92 Å². The Balaban J connectivity index is 1.75. The van der Waals surface area contributed by atoms with E-state index in [-0.39, 0.29) is 24.7 Å². The minimum absolute atomic E-state index is 0.0999. The fourth-order valence-electron chi connectivity index (χ4n) is 3.25. The topological polar surface area (TPSA) is 111 Å². The van der Waals surface area contributed by atoms with Gasteiger partial charge in [0, 0.05) is 17.8 Å². The first-order valence-corrected chi connectivity index (χ1v) is 11.9. The number of ether oxygens (including phenoxy) is 2. The summed E-state index contributed by atoms with van der Waals surface area (Å²) in [6, 6.07) is 12.2. The molecule has 0 aliphatic rings. The molecule has 8 heteroatoms. The fraction of sp³-hybridized carbons (Fsp3) is 0.407. The van der Waals surface area contributed by atoms with E-state index in [0.29, 0.717) is 17.9 Å². The molecule has 8 nitrogen and oxygen atoms in total. The van der Waals surface area contributed by atoms with Crippen molar-refractivity contribution in [3.05, 3.63) is 59.2 Å². The molecular formula is C27H34N2O6. The quantitative estimate of drug-likeness (QED) is 0.430. The highest BCUT2D eigenvalue weighted by atomic mass is 16.5. The number of hydrogen-bond donors (Lipinski definition) is 2. The Hall–Kier alpha value is -3.68. The van der Waals surface area contributed by atoms with Crippen molar-refractivity contribution in [2.45, 2.75) is 53.4 Å². The van der Waals surface area contributed by atoms with Crippen molar-refractivity contribution < 1.29 is 28.7 Å². The fourth-order valence-corrected chi connectivity index (χ4v) is 3.25. The highest BCUT2D eigenvalue weighted by Crippen LogP contribution is 2.22. The molecule has 35 heavy (non-hydrogen) atoms. The van der Waals surface area contributed by atoms with E-state index in [2.05, 4.69) is 10.6 Å². The van der Waals surface area contributed by atoms with Crippen LogP contribution in [0.5, 0.6) is 0 Å². The van der Waals surface area contributed by atoms with Crippen LogP contribution in [0.2, 0.25) is 0 Å². The van der Waals surface area contributed by atoms with Crippen LogP contribution >= 0.6 is 0 Å². The Labute approximate surface area is 206 Å². The molecule has 0 aromatic heterocycles. The lowest BCUT2D eigenvalue weighted by atomic mass is 10.0.